The summed E-state index contributed by atoms with van der Waals surface area (Å²) in [5, 5.41) is 9.39. The van der Waals surface area contributed by atoms with E-state index < -0.39 is 11.9 Å². The Morgan fingerprint density at radius 3 is 2.73 bits per heavy atom. The molecule has 4 aromatic rings. The maximum atomic E-state index is 13.2. The minimum Gasteiger partial charge on any atom is -0.261 e. The minimum atomic E-state index is -4.45. The molecule has 4 heterocycles. The Morgan fingerprint density at radius 1 is 1.10 bits per heavy atom. The Kier molecular flexibility index (Phi) is 3.96. The van der Waals surface area contributed by atoms with E-state index in [1.54, 1.807) is 22.2 Å². The van der Waals surface area contributed by atoms with Crippen LogP contribution in [-0.2, 0) is 25.6 Å². The van der Waals surface area contributed by atoms with Crippen molar-refractivity contribution < 1.29 is 13.2 Å². The molecule has 0 amide bonds. The zero-order valence-electron chi connectivity index (χ0n) is 16.1. The van der Waals surface area contributed by atoms with Crippen LogP contribution < -0.4 is 0 Å². The summed E-state index contributed by atoms with van der Waals surface area (Å²) >= 11 is 1.73. The second-order valence-electron chi connectivity index (χ2n) is 8.17. The Bertz CT molecular complexity index is 1260. The molecule has 6 rings (SSSR count). The van der Waals surface area contributed by atoms with Crippen LogP contribution in [0, 0.1) is 0 Å². The first-order chi connectivity index (χ1) is 14.5. The number of aromatic nitrogens is 6. The van der Waals surface area contributed by atoms with E-state index in [9.17, 15) is 13.2 Å². The summed E-state index contributed by atoms with van der Waals surface area (Å²) in [6.45, 7) is 0.122. The molecule has 0 bridgehead atoms. The van der Waals surface area contributed by atoms with Crippen LogP contribution in [0.5, 0.6) is 0 Å². The van der Waals surface area contributed by atoms with Crippen LogP contribution in [0.1, 0.15) is 65.7 Å². The van der Waals surface area contributed by atoms with Crippen molar-refractivity contribution in [3.8, 4) is 0 Å². The first kappa shape index (κ1) is 18.3. The Morgan fingerprint density at radius 2 is 1.93 bits per heavy atom. The molecule has 30 heavy (non-hydrogen) atoms. The van der Waals surface area contributed by atoms with Crippen molar-refractivity contribution in [1.29, 1.82) is 0 Å². The zero-order valence-corrected chi connectivity index (χ0v) is 16.9. The van der Waals surface area contributed by atoms with Crippen molar-refractivity contribution in [2.45, 2.75) is 63.6 Å². The molecule has 0 unspecified atom stereocenters. The average molecular weight is 432 g/mol. The second-order valence-corrected chi connectivity index (χ2v) is 9.25. The van der Waals surface area contributed by atoms with E-state index in [2.05, 4.69) is 15.2 Å². The third kappa shape index (κ3) is 3.00. The van der Waals surface area contributed by atoms with Gasteiger partial charge >= 0.3 is 6.18 Å². The number of thiophene rings is 1. The first-order valence-electron chi connectivity index (χ1n) is 10.3. The molecule has 0 aromatic carbocycles. The fraction of sp³-hybridized carbons (Fsp3) is 0.500. The number of alkyl halides is 3. The highest BCUT2D eigenvalue weighted by atomic mass is 32.1. The van der Waals surface area contributed by atoms with Gasteiger partial charge in [-0.1, -0.05) is 6.42 Å². The molecule has 1 saturated carbocycles. The minimum absolute atomic E-state index is 0.122. The number of nitrogens with zero attached hydrogens (tertiary/aromatic N) is 6. The fourth-order valence-corrected chi connectivity index (χ4v) is 5.60. The highest BCUT2D eigenvalue weighted by molar-refractivity contribution is 7.19. The summed E-state index contributed by atoms with van der Waals surface area (Å²) in [5.41, 5.74) is 1.83. The first-order valence-corrected chi connectivity index (χ1v) is 11.1. The van der Waals surface area contributed by atoms with Gasteiger partial charge < -0.3 is 0 Å². The van der Waals surface area contributed by atoms with Crippen molar-refractivity contribution in [3.05, 3.63) is 40.0 Å². The van der Waals surface area contributed by atoms with E-state index in [1.807, 2.05) is 0 Å². The zero-order chi connectivity index (χ0) is 20.5. The van der Waals surface area contributed by atoms with Gasteiger partial charge in [0, 0.05) is 16.5 Å². The van der Waals surface area contributed by atoms with E-state index in [0.29, 0.717) is 11.5 Å². The van der Waals surface area contributed by atoms with Crippen molar-refractivity contribution >= 4 is 27.2 Å². The second kappa shape index (κ2) is 6.50. The molecular weight excluding hydrogens is 413 g/mol. The van der Waals surface area contributed by atoms with Gasteiger partial charge in [-0.25, -0.2) is 14.5 Å². The van der Waals surface area contributed by atoms with Gasteiger partial charge in [0.05, 0.1) is 5.39 Å². The smallest absolute Gasteiger partial charge is 0.261 e. The fourth-order valence-electron chi connectivity index (χ4n) is 4.38. The Balaban J connectivity index is 1.43. The van der Waals surface area contributed by atoms with Crippen LogP contribution in [0.3, 0.4) is 0 Å². The molecule has 156 valence electrons. The normalized spacial score (nSPS) is 17.6. The predicted molar refractivity (Wildman–Crippen MR) is 106 cm³/mol. The molecule has 0 aliphatic heterocycles. The van der Waals surface area contributed by atoms with Crippen molar-refractivity contribution in [3.63, 3.8) is 0 Å². The Hall–Kier alpha value is -2.49. The highest BCUT2D eigenvalue weighted by Crippen LogP contribution is 2.42. The van der Waals surface area contributed by atoms with Gasteiger partial charge in [-0.2, -0.15) is 18.3 Å². The summed E-state index contributed by atoms with van der Waals surface area (Å²) < 4.78 is 42.6. The highest BCUT2D eigenvalue weighted by Gasteiger charge is 2.38. The third-order valence-corrected chi connectivity index (χ3v) is 7.17. The van der Waals surface area contributed by atoms with Crippen molar-refractivity contribution in [1.82, 2.24) is 29.4 Å². The molecule has 0 radical (unpaired) electrons. The monoisotopic (exact) mass is 432 g/mol. The van der Waals surface area contributed by atoms with Gasteiger partial charge in [-0.3, -0.25) is 4.68 Å². The van der Waals surface area contributed by atoms with Crippen LogP contribution in [0.2, 0.25) is 0 Å². The molecule has 0 spiro atoms. The number of halogens is 3. The van der Waals surface area contributed by atoms with Crippen molar-refractivity contribution in [2.75, 3.05) is 0 Å². The number of fused-ring (bicyclic) bond motifs is 5. The number of rotatable bonds is 3. The topological polar surface area (TPSA) is 60.9 Å². The molecule has 2 aliphatic carbocycles. The standard InChI is InChI=1S/C20H19F3N6S/c21-20(22,23)15-8-13(11-6-7-11)28(26-15)9-16-25-18-17-12-4-2-1-3-5-14(12)30-19(17)24-10-29(18)27-16/h8,10-11H,1-7,9H2. The van der Waals surface area contributed by atoms with Gasteiger partial charge in [-0.05, 0) is 50.2 Å². The quantitative estimate of drug-likeness (QED) is 0.439. The van der Waals surface area contributed by atoms with E-state index in [0.717, 1.165) is 48.0 Å². The van der Waals surface area contributed by atoms with Gasteiger partial charge in [-0.15, -0.1) is 16.4 Å². The van der Waals surface area contributed by atoms with Crippen LogP contribution in [0.4, 0.5) is 13.2 Å². The van der Waals surface area contributed by atoms with Gasteiger partial charge in [0.2, 0.25) is 0 Å². The van der Waals surface area contributed by atoms with E-state index in [-0.39, 0.29) is 12.5 Å². The number of hydrogen-bond acceptors (Lipinski definition) is 5. The van der Waals surface area contributed by atoms with E-state index >= 15 is 0 Å². The molecule has 6 nitrogen and oxygen atoms in total. The molecule has 4 aromatic heterocycles. The van der Waals surface area contributed by atoms with Gasteiger partial charge in [0.15, 0.2) is 17.2 Å². The Labute approximate surface area is 173 Å². The van der Waals surface area contributed by atoms with Crippen LogP contribution in [0.25, 0.3) is 15.9 Å². The molecular formula is C20H19F3N6S. The largest absolute Gasteiger partial charge is 0.435 e. The molecule has 10 heteroatoms. The summed E-state index contributed by atoms with van der Waals surface area (Å²) in [7, 11) is 0. The van der Waals surface area contributed by atoms with Gasteiger partial charge in [0.1, 0.15) is 17.7 Å². The average Bonchev–Trinajstić information content (AvgIpc) is 3.25. The summed E-state index contributed by atoms with van der Waals surface area (Å²) in [6, 6.07) is 1.17. The lowest BCUT2D eigenvalue weighted by molar-refractivity contribution is -0.141. The van der Waals surface area contributed by atoms with Crippen LogP contribution in [0.15, 0.2) is 12.4 Å². The molecule has 0 atom stereocenters. The lowest BCUT2D eigenvalue weighted by atomic mass is 10.1. The lowest BCUT2D eigenvalue weighted by Gasteiger charge is -2.03. The maximum absolute atomic E-state index is 13.2. The predicted octanol–water partition coefficient (Wildman–Crippen LogP) is 4.75. The molecule has 0 N–H and O–H groups in total. The summed E-state index contributed by atoms with van der Waals surface area (Å²) in [6.07, 6.45) is 4.64. The molecule has 2 aliphatic rings. The van der Waals surface area contributed by atoms with Crippen LogP contribution >= 0.6 is 11.3 Å². The van der Waals surface area contributed by atoms with Crippen LogP contribution in [-0.4, -0.2) is 29.4 Å². The lowest BCUT2D eigenvalue weighted by Crippen LogP contribution is -2.10. The summed E-state index contributed by atoms with van der Waals surface area (Å²) in [4.78, 5) is 11.6. The van der Waals surface area contributed by atoms with Crippen molar-refractivity contribution in [2.24, 2.45) is 0 Å². The summed E-state index contributed by atoms with van der Waals surface area (Å²) in [5.74, 6) is 0.600. The maximum Gasteiger partial charge on any atom is 0.435 e. The van der Waals surface area contributed by atoms with E-state index in [4.69, 9.17) is 4.98 Å². The third-order valence-electron chi connectivity index (χ3n) is 5.97. The SMILES string of the molecule is FC(F)(F)c1cc(C2CC2)n(Cc2nc3c4c5c(sc4ncn3n2)CCCCC5)n1. The number of aryl methyl sites for hydroxylation is 2. The van der Waals surface area contributed by atoms with E-state index in [1.165, 1.54) is 34.0 Å². The number of hydrogen-bond donors (Lipinski definition) is 0. The van der Waals surface area contributed by atoms with Gasteiger partial charge in [0.25, 0.3) is 0 Å². The molecule has 0 saturated heterocycles. The molecule has 1 fully saturated rings.